The summed E-state index contributed by atoms with van der Waals surface area (Å²) in [5.74, 6) is -1.57. The predicted octanol–water partition coefficient (Wildman–Crippen LogP) is 1.66. The SMILES string of the molecule is N/C(CN(C(=O)c1ccc(F)cc1O)C1CCCC1)=N/O. The lowest BCUT2D eigenvalue weighted by molar-refractivity contribution is 0.0709. The topological polar surface area (TPSA) is 99.2 Å². The second kappa shape index (κ2) is 6.43. The Morgan fingerprint density at radius 1 is 1.43 bits per heavy atom. The minimum Gasteiger partial charge on any atom is -0.507 e. The molecule has 1 aliphatic carbocycles. The van der Waals surface area contributed by atoms with Gasteiger partial charge in [-0.15, -0.1) is 0 Å². The molecule has 0 radical (unpaired) electrons. The number of phenols is 1. The average molecular weight is 295 g/mol. The Balaban J connectivity index is 2.28. The number of hydrogen-bond donors (Lipinski definition) is 3. The van der Waals surface area contributed by atoms with Crippen LogP contribution >= 0.6 is 0 Å². The average Bonchev–Trinajstić information content (AvgIpc) is 2.97. The van der Waals surface area contributed by atoms with Crippen LogP contribution in [0.25, 0.3) is 0 Å². The summed E-state index contributed by atoms with van der Waals surface area (Å²) < 4.78 is 13.0. The molecule has 114 valence electrons. The Bertz CT molecular complexity index is 556. The molecule has 2 rings (SSSR count). The first kappa shape index (κ1) is 15.1. The first-order chi connectivity index (χ1) is 10.0. The van der Waals surface area contributed by atoms with E-state index in [0.29, 0.717) is 0 Å². The highest BCUT2D eigenvalue weighted by atomic mass is 19.1. The molecule has 0 spiro atoms. The van der Waals surface area contributed by atoms with Gasteiger partial charge in [0, 0.05) is 12.1 Å². The number of aromatic hydroxyl groups is 1. The standard InChI is InChI=1S/C14H18FN3O3/c15-9-5-6-11(12(19)7-9)14(20)18(8-13(16)17-21)10-3-1-2-4-10/h5-7,10,19,21H,1-4,8H2,(H2,16,17). The van der Waals surface area contributed by atoms with Crippen molar-refractivity contribution in [1.82, 2.24) is 4.90 Å². The van der Waals surface area contributed by atoms with Gasteiger partial charge in [0.1, 0.15) is 11.6 Å². The molecule has 0 saturated heterocycles. The van der Waals surface area contributed by atoms with Crippen LogP contribution in [0.2, 0.25) is 0 Å². The molecule has 7 heteroatoms. The molecule has 0 atom stereocenters. The largest absolute Gasteiger partial charge is 0.507 e. The van der Waals surface area contributed by atoms with Crippen molar-refractivity contribution in [2.45, 2.75) is 31.7 Å². The van der Waals surface area contributed by atoms with E-state index in [2.05, 4.69) is 5.16 Å². The lowest BCUT2D eigenvalue weighted by Crippen LogP contribution is -2.44. The Labute approximate surface area is 121 Å². The third-order valence-corrected chi connectivity index (χ3v) is 3.68. The lowest BCUT2D eigenvalue weighted by Gasteiger charge is -2.28. The fourth-order valence-corrected chi connectivity index (χ4v) is 2.63. The zero-order chi connectivity index (χ0) is 15.4. The van der Waals surface area contributed by atoms with Gasteiger partial charge in [-0.2, -0.15) is 0 Å². The minimum absolute atomic E-state index is 0.00837. The van der Waals surface area contributed by atoms with Crippen molar-refractivity contribution >= 4 is 11.7 Å². The van der Waals surface area contributed by atoms with Crippen LogP contribution in [0.5, 0.6) is 5.75 Å². The molecule has 0 heterocycles. The predicted molar refractivity (Wildman–Crippen MR) is 74.8 cm³/mol. The number of carbonyl (C=O) groups excluding carboxylic acids is 1. The molecule has 1 fully saturated rings. The molecule has 0 aliphatic heterocycles. The van der Waals surface area contributed by atoms with Crippen LogP contribution in [0, 0.1) is 5.82 Å². The van der Waals surface area contributed by atoms with Gasteiger partial charge in [-0.05, 0) is 25.0 Å². The number of oxime groups is 1. The normalized spacial score (nSPS) is 16.1. The molecule has 21 heavy (non-hydrogen) atoms. The first-order valence-corrected chi connectivity index (χ1v) is 6.79. The number of phenolic OH excluding ortho intramolecular Hbond substituents is 1. The monoisotopic (exact) mass is 295 g/mol. The van der Waals surface area contributed by atoms with Crippen molar-refractivity contribution in [2.24, 2.45) is 10.9 Å². The van der Waals surface area contributed by atoms with Crippen LogP contribution in [0.1, 0.15) is 36.0 Å². The highest BCUT2D eigenvalue weighted by Crippen LogP contribution is 2.27. The lowest BCUT2D eigenvalue weighted by atomic mass is 10.1. The van der Waals surface area contributed by atoms with Gasteiger partial charge in [0.05, 0.1) is 12.1 Å². The third-order valence-electron chi connectivity index (χ3n) is 3.68. The molecular formula is C14H18FN3O3. The molecule has 4 N–H and O–H groups in total. The van der Waals surface area contributed by atoms with Gasteiger partial charge >= 0.3 is 0 Å². The van der Waals surface area contributed by atoms with Crippen molar-refractivity contribution in [3.63, 3.8) is 0 Å². The highest BCUT2D eigenvalue weighted by Gasteiger charge is 2.29. The summed E-state index contributed by atoms with van der Waals surface area (Å²) >= 11 is 0. The summed E-state index contributed by atoms with van der Waals surface area (Å²) in [4.78, 5) is 14.0. The second-order valence-corrected chi connectivity index (χ2v) is 5.12. The molecule has 1 amide bonds. The van der Waals surface area contributed by atoms with E-state index in [0.717, 1.165) is 37.8 Å². The van der Waals surface area contributed by atoms with Crippen molar-refractivity contribution in [1.29, 1.82) is 0 Å². The van der Waals surface area contributed by atoms with E-state index in [1.54, 1.807) is 0 Å². The number of amidine groups is 1. The Kier molecular flexibility index (Phi) is 4.62. The number of carbonyl (C=O) groups is 1. The van der Waals surface area contributed by atoms with Crippen molar-refractivity contribution in [2.75, 3.05) is 6.54 Å². The minimum atomic E-state index is -0.618. The molecule has 0 aromatic heterocycles. The van der Waals surface area contributed by atoms with Gasteiger partial charge in [0.2, 0.25) is 0 Å². The van der Waals surface area contributed by atoms with Crippen LogP contribution in [-0.2, 0) is 0 Å². The zero-order valence-corrected chi connectivity index (χ0v) is 11.5. The molecule has 6 nitrogen and oxygen atoms in total. The summed E-state index contributed by atoms with van der Waals surface area (Å²) in [6.07, 6.45) is 3.65. The third kappa shape index (κ3) is 3.42. The molecule has 0 bridgehead atoms. The van der Waals surface area contributed by atoms with E-state index < -0.39 is 17.5 Å². The number of nitrogens with two attached hydrogens (primary N) is 1. The Morgan fingerprint density at radius 3 is 2.67 bits per heavy atom. The van der Waals surface area contributed by atoms with E-state index in [9.17, 15) is 14.3 Å². The molecule has 0 unspecified atom stereocenters. The number of halogens is 1. The van der Waals surface area contributed by atoms with Crippen LogP contribution < -0.4 is 5.73 Å². The summed E-state index contributed by atoms with van der Waals surface area (Å²) in [5, 5.41) is 21.3. The van der Waals surface area contributed by atoms with E-state index in [1.165, 1.54) is 11.0 Å². The Hall–Kier alpha value is -2.31. The van der Waals surface area contributed by atoms with Crippen LogP contribution in [0.4, 0.5) is 4.39 Å². The van der Waals surface area contributed by atoms with Gasteiger partial charge in [-0.25, -0.2) is 4.39 Å². The van der Waals surface area contributed by atoms with Gasteiger partial charge in [-0.3, -0.25) is 4.79 Å². The van der Waals surface area contributed by atoms with Gasteiger partial charge in [0.15, 0.2) is 5.84 Å². The number of nitrogens with zero attached hydrogens (tertiary/aromatic N) is 2. The van der Waals surface area contributed by atoms with Crippen LogP contribution in [0.15, 0.2) is 23.4 Å². The van der Waals surface area contributed by atoms with Gasteiger partial charge in [0.25, 0.3) is 5.91 Å². The first-order valence-electron chi connectivity index (χ1n) is 6.79. The van der Waals surface area contributed by atoms with E-state index >= 15 is 0 Å². The quantitative estimate of drug-likeness (QED) is 0.340. The van der Waals surface area contributed by atoms with Crippen molar-refractivity contribution in [3.05, 3.63) is 29.6 Å². The van der Waals surface area contributed by atoms with Gasteiger partial charge in [-0.1, -0.05) is 18.0 Å². The molecule has 1 aliphatic rings. The van der Waals surface area contributed by atoms with Gasteiger partial charge < -0.3 is 20.9 Å². The summed E-state index contributed by atoms with van der Waals surface area (Å²) in [7, 11) is 0. The molecule has 1 aromatic rings. The summed E-state index contributed by atoms with van der Waals surface area (Å²) in [6, 6.07) is 3.22. The Morgan fingerprint density at radius 2 is 2.10 bits per heavy atom. The molecular weight excluding hydrogens is 277 g/mol. The maximum Gasteiger partial charge on any atom is 0.258 e. The molecule has 1 aromatic carbocycles. The second-order valence-electron chi connectivity index (χ2n) is 5.12. The maximum absolute atomic E-state index is 13.0. The van der Waals surface area contributed by atoms with E-state index in [-0.39, 0.29) is 24.0 Å². The number of hydrogen-bond acceptors (Lipinski definition) is 4. The van der Waals surface area contributed by atoms with Crippen LogP contribution in [-0.4, -0.2) is 39.5 Å². The molecule has 1 saturated carbocycles. The highest BCUT2D eigenvalue weighted by molar-refractivity contribution is 5.99. The zero-order valence-electron chi connectivity index (χ0n) is 11.5. The van der Waals surface area contributed by atoms with E-state index in [1.807, 2.05) is 0 Å². The fourth-order valence-electron chi connectivity index (χ4n) is 2.63. The van der Waals surface area contributed by atoms with Crippen LogP contribution in [0.3, 0.4) is 0 Å². The van der Waals surface area contributed by atoms with E-state index in [4.69, 9.17) is 10.9 Å². The number of amides is 1. The maximum atomic E-state index is 13.0. The smallest absolute Gasteiger partial charge is 0.258 e. The van der Waals surface area contributed by atoms with Crippen molar-refractivity contribution < 1.29 is 19.5 Å². The summed E-state index contributed by atoms with van der Waals surface area (Å²) in [5.41, 5.74) is 5.51. The summed E-state index contributed by atoms with van der Waals surface area (Å²) in [6.45, 7) is -0.0309. The fraction of sp³-hybridized carbons (Fsp3) is 0.429. The number of rotatable bonds is 4. The number of benzene rings is 1. The van der Waals surface area contributed by atoms with Crippen molar-refractivity contribution in [3.8, 4) is 5.75 Å².